The first-order valence-corrected chi connectivity index (χ1v) is 6.39. The number of hydrogen-bond donors (Lipinski definition) is 1. The van der Waals surface area contributed by atoms with Gasteiger partial charge >= 0.3 is 6.18 Å². The first kappa shape index (κ1) is 15.4. The van der Waals surface area contributed by atoms with Crippen molar-refractivity contribution in [2.24, 2.45) is 0 Å². The molecule has 0 bridgehead atoms. The Morgan fingerprint density at radius 1 is 1.14 bits per heavy atom. The van der Waals surface area contributed by atoms with Gasteiger partial charge in [0.15, 0.2) is 0 Å². The van der Waals surface area contributed by atoms with Crippen LogP contribution in [0.4, 0.5) is 18.9 Å². The Labute approximate surface area is 124 Å². The minimum absolute atomic E-state index is 0.0901. The number of benzene rings is 2. The molecule has 21 heavy (non-hydrogen) atoms. The molecule has 2 aromatic carbocycles. The SMILES string of the molecule is Cc1cc(NC(=O)c2cccc(Cl)c2)cc(C(F)(F)F)c1. The Bertz CT molecular complexity index is 683. The van der Waals surface area contributed by atoms with E-state index in [1.165, 1.54) is 25.1 Å². The highest BCUT2D eigenvalue weighted by atomic mass is 35.5. The highest BCUT2D eigenvalue weighted by Gasteiger charge is 2.31. The average molecular weight is 314 g/mol. The van der Waals surface area contributed by atoms with E-state index in [2.05, 4.69) is 5.32 Å². The molecular weight excluding hydrogens is 303 g/mol. The Kier molecular flexibility index (Phi) is 4.23. The Morgan fingerprint density at radius 3 is 2.48 bits per heavy atom. The molecule has 2 aromatic rings. The van der Waals surface area contributed by atoms with Crippen LogP contribution in [0.5, 0.6) is 0 Å². The van der Waals surface area contributed by atoms with E-state index < -0.39 is 17.6 Å². The van der Waals surface area contributed by atoms with Gasteiger partial charge in [-0.25, -0.2) is 0 Å². The third-order valence-corrected chi connectivity index (χ3v) is 2.98. The molecule has 6 heteroatoms. The van der Waals surface area contributed by atoms with Crippen molar-refractivity contribution < 1.29 is 18.0 Å². The van der Waals surface area contributed by atoms with Crippen LogP contribution in [-0.4, -0.2) is 5.91 Å². The zero-order chi connectivity index (χ0) is 15.6. The third-order valence-electron chi connectivity index (χ3n) is 2.75. The molecule has 2 rings (SSSR count). The molecule has 0 spiro atoms. The van der Waals surface area contributed by atoms with Crippen molar-refractivity contribution in [2.75, 3.05) is 5.32 Å². The van der Waals surface area contributed by atoms with Crippen LogP contribution in [0.3, 0.4) is 0 Å². The smallest absolute Gasteiger partial charge is 0.322 e. The van der Waals surface area contributed by atoms with Gasteiger partial charge in [-0.15, -0.1) is 0 Å². The predicted molar refractivity (Wildman–Crippen MR) is 75.6 cm³/mol. The van der Waals surface area contributed by atoms with E-state index >= 15 is 0 Å². The number of anilines is 1. The second-order valence-corrected chi connectivity index (χ2v) is 4.99. The van der Waals surface area contributed by atoms with Crippen LogP contribution >= 0.6 is 11.6 Å². The van der Waals surface area contributed by atoms with E-state index in [4.69, 9.17) is 11.6 Å². The zero-order valence-electron chi connectivity index (χ0n) is 11.0. The maximum absolute atomic E-state index is 12.7. The second-order valence-electron chi connectivity index (χ2n) is 4.55. The summed E-state index contributed by atoms with van der Waals surface area (Å²) >= 11 is 5.77. The van der Waals surface area contributed by atoms with Gasteiger partial charge in [-0.3, -0.25) is 4.79 Å². The summed E-state index contributed by atoms with van der Waals surface area (Å²) < 4.78 is 38.2. The van der Waals surface area contributed by atoms with Crippen molar-refractivity contribution in [3.63, 3.8) is 0 Å². The van der Waals surface area contributed by atoms with Gasteiger partial charge in [-0.1, -0.05) is 17.7 Å². The van der Waals surface area contributed by atoms with Crippen molar-refractivity contribution in [2.45, 2.75) is 13.1 Å². The standard InChI is InChI=1S/C15H11ClF3NO/c1-9-5-11(15(17,18)19)8-13(6-9)20-14(21)10-3-2-4-12(16)7-10/h2-8H,1H3,(H,20,21). The summed E-state index contributed by atoms with van der Waals surface area (Å²) in [6.07, 6.45) is -4.46. The fourth-order valence-corrected chi connectivity index (χ4v) is 2.04. The average Bonchev–Trinajstić information content (AvgIpc) is 2.37. The Balaban J connectivity index is 2.27. The summed E-state index contributed by atoms with van der Waals surface area (Å²) in [4.78, 5) is 12.0. The van der Waals surface area contributed by atoms with E-state index in [1.807, 2.05) is 0 Å². The van der Waals surface area contributed by atoms with E-state index in [0.29, 0.717) is 10.6 Å². The summed E-state index contributed by atoms with van der Waals surface area (Å²) in [5.41, 5.74) is -0.0278. The van der Waals surface area contributed by atoms with Gasteiger partial charge in [-0.2, -0.15) is 13.2 Å². The normalized spacial score (nSPS) is 11.3. The number of halogens is 4. The van der Waals surface area contributed by atoms with Gasteiger partial charge in [0, 0.05) is 16.3 Å². The number of alkyl halides is 3. The van der Waals surface area contributed by atoms with Crippen LogP contribution in [0.25, 0.3) is 0 Å². The minimum atomic E-state index is -4.46. The molecule has 0 saturated heterocycles. The second kappa shape index (κ2) is 5.77. The monoisotopic (exact) mass is 313 g/mol. The van der Waals surface area contributed by atoms with E-state index in [-0.39, 0.29) is 11.3 Å². The molecule has 0 atom stereocenters. The molecule has 0 aliphatic rings. The fraction of sp³-hybridized carbons (Fsp3) is 0.133. The lowest BCUT2D eigenvalue weighted by molar-refractivity contribution is -0.137. The van der Waals surface area contributed by atoms with Crippen molar-refractivity contribution in [3.05, 3.63) is 64.2 Å². The molecule has 0 fully saturated rings. The molecule has 2 nitrogen and oxygen atoms in total. The molecular formula is C15H11ClF3NO. The molecule has 0 saturated carbocycles. The van der Waals surface area contributed by atoms with Gasteiger partial charge in [0.05, 0.1) is 5.56 Å². The summed E-state index contributed by atoms with van der Waals surface area (Å²) in [7, 11) is 0. The molecule has 110 valence electrons. The lowest BCUT2D eigenvalue weighted by atomic mass is 10.1. The molecule has 0 radical (unpaired) electrons. The van der Waals surface area contributed by atoms with Gasteiger partial charge < -0.3 is 5.32 Å². The Hall–Kier alpha value is -2.01. The summed E-state index contributed by atoms with van der Waals surface area (Å²) in [5, 5.41) is 2.82. The number of aryl methyl sites for hydroxylation is 1. The lowest BCUT2D eigenvalue weighted by Crippen LogP contribution is -2.13. The number of carbonyl (C=O) groups excluding carboxylic acids is 1. The summed E-state index contributed by atoms with van der Waals surface area (Å²) in [5.74, 6) is -0.517. The molecule has 0 aliphatic carbocycles. The fourth-order valence-electron chi connectivity index (χ4n) is 1.85. The molecule has 1 amide bonds. The number of nitrogens with one attached hydrogen (secondary N) is 1. The van der Waals surface area contributed by atoms with Crippen molar-refractivity contribution >= 4 is 23.2 Å². The topological polar surface area (TPSA) is 29.1 Å². The lowest BCUT2D eigenvalue weighted by Gasteiger charge is -2.11. The molecule has 0 aromatic heterocycles. The van der Waals surface area contributed by atoms with E-state index in [0.717, 1.165) is 12.1 Å². The maximum Gasteiger partial charge on any atom is 0.416 e. The van der Waals surface area contributed by atoms with Crippen LogP contribution in [0, 0.1) is 6.92 Å². The summed E-state index contributed by atoms with van der Waals surface area (Å²) in [6.45, 7) is 1.53. The van der Waals surface area contributed by atoms with Crippen LogP contribution in [-0.2, 0) is 6.18 Å². The van der Waals surface area contributed by atoms with Gasteiger partial charge in [-0.05, 0) is 48.9 Å². The van der Waals surface area contributed by atoms with Crippen molar-refractivity contribution in [1.82, 2.24) is 0 Å². The first-order valence-electron chi connectivity index (χ1n) is 6.01. The first-order chi connectivity index (χ1) is 9.75. The number of rotatable bonds is 2. The molecule has 1 N–H and O–H groups in total. The number of amides is 1. The predicted octanol–water partition coefficient (Wildman–Crippen LogP) is 4.92. The van der Waals surface area contributed by atoms with Crippen LogP contribution in [0.1, 0.15) is 21.5 Å². The third kappa shape index (κ3) is 3.98. The highest BCUT2D eigenvalue weighted by molar-refractivity contribution is 6.31. The number of carbonyl (C=O) groups is 1. The van der Waals surface area contributed by atoms with Crippen molar-refractivity contribution in [1.29, 1.82) is 0 Å². The van der Waals surface area contributed by atoms with E-state index in [1.54, 1.807) is 12.1 Å². The van der Waals surface area contributed by atoms with Gasteiger partial charge in [0.2, 0.25) is 0 Å². The number of hydrogen-bond acceptors (Lipinski definition) is 1. The minimum Gasteiger partial charge on any atom is -0.322 e. The van der Waals surface area contributed by atoms with Gasteiger partial charge in [0.1, 0.15) is 0 Å². The zero-order valence-corrected chi connectivity index (χ0v) is 11.7. The molecule has 0 aliphatic heterocycles. The maximum atomic E-state index is 12.7. The van der Waals surface area contributed by atoms with Crippen LogP contribution < -0.4 is 5.32 Å². The van der Waals surface area contributed by atoms with Gasteiger partial charge in [0.25, 0.3) is 5.91 Å². The quantitative estimate of drug-likeness (QED) is 0.837. The van der Waals surface area contributed by atoms with E-state index in [9.17, 15) is 18.0 Å². The molecule has 0 unspecified atom stereocenters. The Morgan fingerprint density at radius 2 is 1.86 bits per heavy atom. The van der Waals surface area contributed by atoms with Crippen LogP contribution in [0.15, 0.2) is 42.5 Å². The van der Waals surface area contributed by atoms with Crippen LogP contribution in [0.2, 0.25) is 5.02 Å². The largest absolute Gasteiger partial charge is 0.416 e. The summed E-state index contributed by atoms with van der Waals surface area (Å²) in [6, 6.07) is 9.56. The molecule has 0 heterocycles. The highest BCUT2D eigenvalue weighted by Crippen LogP contribution is 2.32. The van der Waals surface area contributed by atoms with Crippen molar-refractivity contribution in [3.8, 4) is 0 Å².